The van der Waals surface area contributed by atoms with E-state index >= 15 is 0 Å². The largest absolute Gasteiger partial charge is 1.00 e. The normalized spacial score (nSPS) is 8.00. The first-order chi connectivity index (χ1) is 3.13. The van der Waals surface area contributed by atoms with Gasteiger partial charge in [0.05, 0.1) is 6.10 Å². The summed E-state index contributed by atoms with van der Waals surface area (Å²) in [5, 5.41) is 0. The molecule has 0 unspecified atom stereocenters. The Kier molecular flexibility index (Phi) is 9.52. The molecule has 0 fully saturated rings. The number of thiol groups is 1. The molecule has 0 aromatic carbocycles. The van der Waals surface area contributed by atoms with Gasteiger partial charge >= 0.3 is 29.6 Å². The van der Waals surface area contributed by atoms with Gasteiger partial charge in [-0.15, -0.1) is 0 Å². The second kappa shape index (κ2) is 6.36. The second-order valence-corrected chi connectivity index (χ2v) is 2.51. The molecule has 0 aromatic heterocycles. The Morgan fingerprint density at radius 1 is 1.62 bits per heavy atom. The average molecular weight is 159 g/mol. The molecule has 8 heavy (non-hydrogen) atoms. The zero-order valence-corrected chi connectivity index (χ0v) is 9.05. The van der Waals surface area contributed by atoms with Crippen molar-refractivity contribution in [3.8, 4) is 0 Å². The maximum absolute atomic E-state index is 4.85. The van der Waals surface area contributed by atoms with E-state index in [4.69, 9.17) is 4.74 Å². The van der Waals surface area contributed by atoms with Crippen molar-refractivity contribution in [2.45, 2.75) is 20.0 Å². The molecule has 0 rings (SSSR count). The van der Waals surface area contributed by atoms with Crippen molar-refractivity contribution >= 4 is 29.2 Å². The predicted octanol–water partition coefficient (Wildman–Crippen LogP) is -1.37. The first-order valence-corrected chi connectivity index (χ1v) is 2.88. The first-order valence-electron chi connectivity index (χ1n) is 2.02. The fourth-order valence-electron chi connectivity index (χ4n) is 0.202. The number of hydrogen-bond acceptors (Lipinski definition) is 2. The monoisotopic (exact) mass is 159 g/mol. The molecule has 0 heterocycles. The third-order valence-electron chi connectivity index (χ3n) is 0.337. The molecule has 0 N–H and O–H groups in total. The molecule has 0 aliphatic heterocycles. The summed E-state index contributed by atoms with van der Waals surface area (Å²) < 4.78 is 5.16. The number of ether oxygens (including phenoxy) is 1. The van der Waals surface area contributed by atoms with Crippen LogP contribution in [0.1, 0.15) is 13.8 Å². The minimum atomic E-state index is 0. The fraction of sp³-hybridized carbons (Fsp3) is 0.750. The molecule has 42 valence electrons. The van der Waals surface area contributed by atoms with Gasteiger partial charge in [-0.3, -0.25) is 0 Å². The van der Waals surface area contributed by atoms with E-state index in [1.54, 1.807) is 0 Å². The molecular weight excluding hydrogens is 151 g/mol. The summed E-state index contributed by atoms with van der Waals surface area (Å²) in [6.07, 6.45) is 0.157. The van der Waals surface area contributed by atoms with Crippen LogP contribution in [0, 0.1) is 0 Å². The molecule has 0 radical (unpaired) electrons. The van der Waals surface area contributed by atoms with E-state index < -0.39 is 0 Å². The summed E-state index contributed by atoms with van der Waals surface area (Å²) in [6, 6.07) is 0. The van der Waals surface area contributed by atoms with E-state index in [-0.39, 0.29) is 35.7 Å². The van der Waals surface area contributed by atoms with Crippen LogP contribution in [0.3, 0.4) is 0 Å². The van der Waals surface area contributed by atoms with Crippen LogP contribution in [-0.2, 0) is 4.74 Å². The Morgan fingerprint density at radius 2 is 2.00 bits per heavy atom. The van der Waals surface area contributed by atoms with Gasteiger partial charge in [0.25, 0.3) is 0 Å². The summed E-state index contributed by atoms with van der Waals surface area (Å²) in [7, 11) is 0. The smallest absolute Gasteiger partial charge is 0.476 e. The van der Waals surface area contributed by atoms with Gasteiger partial charge in [0.15, 0.2) is 0 Å². The zero-order chi connectivity index (χ0) is 5.86. The molecule has 4 heteroatoms. The molecule has 0 bridgehead atoms. The Morgan fingerprint density at radius 3 is 2.00 bits per heavy atom. The van der Waals surface area contributed by atoms with Gasteiger partial charge in [0.1, 0.15) is 0 Å². The van der Waals surface area contributed by atoms with Crippen LogP contribution >= 0.6 is 24.8 Å². The van der Waals surface area contributed by atoms with Crippen molar-refractivity contribution in [2.24, 2.45) is 0 Å². The van der Waals surface area contributed by atoms with Gasteiger partial charge in [0.2, 0.25) is 4.38 Å². The van der Waals surface area contributed by atoms with E-state index in [1.807, 2.05) is 13.8 Å². The number of rotatable bonds is 1. The van der Waals surface area contributed by atoms with Gasteiger partial charge in [-0.1, -0.05) is 12.6 Å². The van der Waals surface area contributed by atoms with E-state index in [2.05, 4.69) is 24.8 Å². The van der Waals surface area contributed by atoms with Crippen LogP contribution in [0.5, 0.6) is 0 Å². The van der Waals surface area contributed by atoms with Crippen molar-refractivity contribution in [1.82, 2.24) is 0 Å². The van der Waals surface area contributed by atoms with Crippen LogP contribution in [0.15, 0.2) is 0 Å². The Labute approximate surface area is 82.9 Å². The van der Waals surface area contributed by atoms with Crippen molar-refractivity contribution in [1.29, 1.82) is 0 Å². The standard InChI is InChI=1S/C4H8OS2.Na/c1-3(2)5-4(6)7;/h3H,1-2H3,(H,6,7);/q;+1. The maximum atomic E-state index is 4.85. The second-order valence-electron chi connectivity index (χ2n) is 1.43. The van der Waals surface area contributed by atoms with Crippen molar-refractivity contribution in [3.63, 3.8) is 0 Å². The third-order valence-corrected chi connectivity index (χ3v) is 0.538. The van der Waals surface area contributed by atoms with E-state index in [1.165, 1.54) is 0 Å². The van der Waals surface area contributed by atoms with Gasteiger partial charge in [-0.05, 0) is 26.1 Å². The Bertz CT molecular complexity index is 74.4. The van der Waals surface area contributed by atoms with E-state index in [0.717, 1.165) is 0 Å². The molecule has 1 nitrogen and oxygen atoms in total. The van der Waals surface area contributed by atoms with Gasteiger partial charge in [-0.25, -0.2) is 0 Å². The van der Waals surface area contributed by atoms with Gasteiger partial charge < -0.3 is 4.74 Å². The van der Waals surface area contributed by atoms with E-state index in [9.17, 15) is 0 Å². The van der Waals surface area contributed by atoms with Crippen molar-refractivity contribution in [2.75, 3.05) is 0 Å². The van der Waals surface area contributed by atoms with Gasteiger partial charge in [-0.2, -0.15) is 0 Å². The minimum absolute atomic E-state index is 0. The molecule has 0 aliphatic carbocycles. The first kappa shape index (κ1) is 12.0. The molecule has 0 saturated carbocycles. The SMILES string of the molecule is CC(C)OC(=S)S.[Na+]. The summed E-state index contributed by atoms with van der Waals surface area (Å²) >= 11 is 8.26. The molecule has 0 aliphatic rings. The maximum Gasteiger partial charge on any atom is 1.00 e. The molecule has 0 saturated heterocycles. The summed E-state index contributed by atoms with van der Waals surface area (Å²) in [6.45, 7) is 3.81. The van der Waals surface area contributed by atoms with Crippen LogP contribution in [0.25, 0.3) is 0 Å². The number of hydrogen-bond donors (Lipinski definition) is 1. The summed E-state index contributed by atoms with van der Waals surface area (Å²) in [5.74, 6) is 0. The fourth-order valence-corrected chi connectivity index (χ4v) is 0.605. The summed E-state index contributed by atoms with van der Waals surface area (Å²) in [5.41, 5.74) is 0. The Hall–Kier alpha value is 1.24. The van der Waals surface area contributed by atoms with Crippen molar-refractivity contribution < 1.29 is 34.3 Å². The van der Waals surface area contributed by atoms with E-state index in [0.29, 0.717) is 4.38 Å². The minimum Gasteiger partial charge on any atom is -0.476 e. The third kappa shape index (κ3) is 10.3. The zero-order valence-electron chi connectivity index (χ0n) is 5.34. The average Bonchev–Trinajstić information content (AvgIpc) is 1.27. The van der Waals surface area contributed by atoms with Crippen LogP contribution in [0.2, 0.25) is 0 Å². The van der Waals surface area contributed by atoms with Crippen LogP contribution in [0.4, 0.5) is 0 Å². The molecular formula is C4H8NaOS2+. The molecule has 0 atom stereocenters. The molecule has 0 spiro atoms. The van der Waals surface area contributed by atoms with Crippen molar-refractivity contribution in [3.05, 3.63) is 0 Å². The quantitative estimate of drug-likeness (QED) is 0.287. The Balaban J connectivity index is 0. The topological polar surface area (TPSA) is 9.23 Å². The molecule has 0 amide bonds. The summed E-state index contributed by atoms with van der Waals surface area (Å²) in [4.78, 5) is 0. The predicted molar refractivity (Wildman–Crippen MR) is 37.8 cm³/mol. The van der Waals surface area contributed by atoms with Crippen LogP contribution in [-0.4, -0.2) is 10.5 Å². The molecule has 0 aromatic rings. The van der Waals surface area contributed by atoms with Crippen LogP contribution < -0.4 is 29.6 Å². The van der Waals surface area contributed by atoms with Gasteiger partial charge in [0, 0.05) is 0 Å². The number of thiocarbonyl (C=S) groups is 1.